The minimum Gasteiger partial charge on any atom is -0.462 e. The topological polar surface area (TPSA) is 78.9 Å². The van der Waals surface area contributed by atoms with Gasteiger partial charge in [-0.3, -0.25) is 14.4 Å². The van der Waals surface area contributed by atoms with Crippen LogP contribution in [0.3, 0.4) is 0 Å². The molecule has 0 saturated heterocycles. The molecule has 0 saturated carbocycles. The van der Waals surface area contributed by atoms with Gasteiger partial charge < -0.3 is 14.2 Å². The third kappa shape index (κ3) is 52.1. The average Bonchev–Trinajstić information content (AvgIpc) is 3.31. The van der Waals surface area contributed by atoms with Crippen molar-refractivity contribution in [3.63, 3.8) is 0 Å². The zero-order valence-corrected chi connectivity index (χ0v) is 43.7. The molecule has 0 N–H and O–H groups in total. The van der Waals surface area contributed by atoms with Crippen molar-refractivity contribution in [1.82, 2.24) is 0 Å². The van der Waals surface area contributed by atoms with Crippen LogP contribution in [0.2, 0.25) is 0 Å². The third-order valence-electron chi connectivity index (χ3n) is 12.3. The normalized spacial score (nSPS) is 12.5. The van der Waals surface area contributed by atoms with Gasteiger partial charge in [0, 0.05) is 19.3 Å². The summed E-state index contributed by atoms with van der Waals surface area (Å²) in [5.41, 5.74) is 0. The number of carbonyl (C=O) groups excluding carboxylic acids is 3. The van der Waals surface area contributed by atoms with Crippen LogP contribution >= 0.6 is 0 Å². The van der Waals surface area contributed by atoms with E-state index >= 15 is 0 Å². The summed E-state index contributed by atoms with van der Waals surface area (Å²) in [5.74, 6) is -0.890. The van der Waals surface area contributed by atoms with Gasteiger partial charge in [-0.2, -0.15) is 0 Å². The Morgan fingerprint density at radius 3 is 0.924 bits per heavy atom. The smallest absolute Gasteiger partial charge is 0.306 e. The zero-order valence-electron chi connectivity index (χ0n) is 43.7. The molecule has 382 valence electrons. The molecular formula is C60H106O6. The van der Waals surface area contributed by atoms with Crippen LogP contribution in [0, 0.1) is 0 Å². The Bertz CT molecular complexity index is 1200. The Morgan fingerprint density at radius 1 is 0.318 bits per heavy atom. The number of rotatable bonds is 51. The standard InChI is InChI=1S/C60H106O6/c1-4-7-10-13-16-19-21-23-25-27-29-30-32-33-35-37-39-41-44-47-50-53-59(62)65-56-57(55-64-58(61)52-49-46-43-18-15-12-9-6-3)66-60(63)54-51-48-45-42-40-38-36-34-31-28-26-24-22-20-17-14-11-8-5-2/h7,10,16,19,23,25,29-30,33,35,57H,4-6,8-9,11-15,17-18,20-22,24,26-28,31-32,34,36-56H2,1-3H3/b10-7-,19-16-,25-23-,30-29-,35-33-. The summed E-state index contributed by atoms with van der Waals surface area (Å²) in [6, 6.07) is 0. The summed E-state index contributed by atoms with van der Waals surface area (Å²) < 4.78 is 16.8. The quantitative estimate of drug-likeness (QED) is 0.0262. The monoisotopic (exact) mass is 923 g/mol. The first kappa shape index (κ1) is 63.1. The Morgan fingerprint density at radius 2 is 0.591 bits per heavy atom. The van der Waals surface area contributed by atoms with Crippen LogP contribution in [0.1, 0.15) is 284 Å². The van der Waals surface area contributed by atoms with Gasteiger partial charge in [0.2, 0.25) is 0 Å². The zero-order chi connectivity index (χ0) is 47.9. The van der Waals surface area contributed by atoms with Crippen molar-refractivity contribution in [3.8, 4) is 0 Å². The van der Waals surface area contributed by atoms with Crippen molar-refractivity contribution >= 4 is 17.9 Å². The van der Waals surface area contributed by atoms with Gasteiger partial charge in [0.05, 0.1) is 0 Å². The Balaban J connectivity index is 4.27. The highest BCUT2D eigenvalue weighted by Gasteiger charge is 2.19. The van der Waals surface area contributed by atoms with Gasteiger partial charge in [0.15, 0.2) is 6.10 Å². The summed E-state index contributed by atoms with van der Waals surface area (Å²) in [4.78, 5) is 38.0. The predicted molar refractivity (Wildman–Crippen MR) is 284 cm³/mol. The molecule has 0 aromatic heterocycles. The molecule has 0 heterocycles. The fourth-order valence-corrected chi connectivity index (χ4v) is 8.06. The van der Waals surface area contributed by atoms with Gasteiger partial charge in [-0.15, -0.1) is 0 Å². The van der Waals surface area contributed by atoms with Crippen LogP contribution in [0.15, 0.2) is 60.8 Å². The van der Waals surface area contributed by atoms with Crippen LogP contribution in [0.25, 0.3) is 0 Å². The second kappa shape index (κ2) is 54.7. The van der Waals surface area contributed by atoms with Gasteiger partial charge in [-0.05, 0) is 64.2 Å². The van der Waals surface area contributed by atoms with Crippen LogP contribution < -0.4 is 0 Å². The van der Waals surface area contributed by atoms with Crippen molar-refractivity contribution in [3.05, 3.63) is 60.8 Å². The molecule has 0 aliphatic rings. The number of esters is 3. The molecule has 0 aliphatic heterocycles. The SMILES string of the molecule is CC/C=C\C/C=C\C/C=C\C/C=C\C/C=C\CCCCCCCC(=O)OCC(COC(=O)CCCCCCCCCC)OC(=O)CCCCCCCCCCCCCCCCCCCCC. The van der Waals surface area contributed by atoms with Crippen molar-refractivity contribution in [1.29, 1.82) is 0 Å². The lowest BCUT2D eigenvalue weighted by molar-refractivity contribution is -0.167. The molecule has 0 bridgehead atoms. The van der Waals surface area contributed by atoms with E-state index in [1.54, 1.807) is 0 Å². The van der Waals surface area contributed by atoms with Gasteiger partial charge in [-0.25, -0.2) is 0 Å². The maximum Gasteiger partial charge on any atom is 0.306 e. The first-order valence-corrected chi connectivity index (χ1v) is 28.3. The Hall–Kier alpha value is -2.89. The minimum atomic E-state index is -0.778. The van der Waals surface area contributed by atoms with Gasteiger partial charge >= 0.3 is 17.9 Å². The molecular weight excluding hydrogens is 817 g/mol. The average molecular weight is 924 g/mol. The molecule has 0 fully saturated rings. The van der Waals surface area contributed by atoms with E-state index in [9.17, 15) is 14.4 Å². The van der Waals surface area contributed by atoms with Crippen molar-refractivity contribution in [2.24, 2.45) is 0 Å². The van der Waals surface area contributed by atoms with E-state index in [0.29, 0.717) is 19.3 Å². The lowest BCUT2D eigenvalue weighted by Gasteiger charge is -2.18. The van der Waals surface area contributed by atoms with Crippen LogP contribution in [0.5, 0.6) is 0 Å². The van der Waals surface area contributed by atoms with E-state index in [1.165, 1.54) is 135 Å². The fraction of sp³-hybridized carbons (Fsp3) is 0.783. The second-order valence-corrected chi connectivity index (χ2v) is 18.8. The summed E-state index contributed by atoms with van der Waals surface area (Å²) in [6.07, 6.45) is 67.9. The Kier molecular flexibility index (Phi) is 52.3. The predicted octanol–water partition coefficient (Wildman–Crippen LogP) is 18.8. The molecule has 6 heteroatoms. The molecule has 0 amide bonds. The van der Waals surface area contributed by atoms with Crippen molar-refractivity contribution < 1.29 is 28.6 Å². The highest BCUT2D eigenvalue weighted by atomic mass is 16.6. The molecule has 0 aliphatic carbocycles. The highest BCUT2D eigenvalue weighted by Crippen LogP contribution is 2.16. The van der Waals surface area contributed by atoms with Crippen molar-refractivity contribution in [2.75, 3.05) is 13.2 Å². The number of unbranched alkanes of at least 4 members (excludes halogenated alkanes) is 30. The first-order chi connectivity index (χ1) is 32.5. The van der Waals surface area contributed by atoms with E-state index in [2.05, 4.69) is 81.5 Å². The number of allylic oxidation sites excluding steroid dienone is 10. The Labute approximate surface area is 409 Å². The molecule has 6 nitrogen and oxygen atoms in total. The molecule has 0 aromatic carbocycles. The molecule has 1 unspecified atom stereocenters. The van der Waals surface area contributed by atoms with Crippen LogP contribution in [0.4, 0.5) is 0 Å². The van der Waals surface area contributed by atoms with E-state index in [1.807, 2.05) is 0 Å². The summed E-state index contributed by atoms with van der Waals surface area (Å²) >= 11 is 0. The number of hydrogen-bond donors (Lipinski definition) is 0. The lowest BCUT2D eigenvalue weighted by atomic mass is 10.0. The van der Waals surface area contributed by atoms with Gasteiger partial charge in [0.1, 0.15) is 13.2 Å². The number of hydrogen-bond acceptors (Lipinski definition) is 6. The second-order valence-electron chi connectivity index (χ2n) is 18.8. The highest BCUT2D eigenvalue weighted by molar-refractivity contribution is 5.71. The summed E-state index contributed by atoms with van der Waals surface area (Å²) in [6.45, 7) is 6.51. The fourth-order valence-electron chi connectivity index (χ4n) is 8.06. The first-order valence-electron chi connectivity index (χ1n) is 28.3. The molecule has 66 heavy (non-hydrogen) atoms. The molecule has 0 rings (SSSR count). The minimum absolute atomic E-state index is 0.0774. The largest absolute Gasteiger partial charge is 0.462 e. The van der Waals surface area contributed by atoms with Crippen LogP contribution in [-0.4, -0.2) is 37.2 Å². The molecule has 0 spiro atoms. The molecule has 0 aromatic rings. The summed E-state index contributed by atoms with van der Waals surface area (Å²) in [7, 11) is 0. The van der Waals surface area contributed by atoms with E-state index in [0.717, 1.165) is 109 Å². The lowest BCUT2D eigenvalue weighted by Crippen LogP contribution is -2.30. The van der Waals surface area contributed by atoms with Gasteiger partial charge in [-0.1, -0.05) is 261 Å². The number of ether oxygens (including phenoxy) is 3. The van der Waals surface area contributed by atoms with Crippen molar-refractivity contribution in [2.45, 2.75) is 290 Å². The molecule has 0 radical (unpaired) electrons. The van der Waals surface area contributed by atoms with Gasteiger partial charge in [0.25, 0.3) is 0 Å². The van der Waals surface area contributed by atoms with E-state index in [4.69, 9.17) is 14.2 Å². The maximum atomic E-state index is 12.8. The van der Waals surface area contributed by atoms with Crippen LogP contribution in [-0.2, 0) is 28.6 Å². The number of carbonyl (C=O) groups is 3. The maximum absolute atomic E-state index is 12.8. The van der Waals surface area contributed by atoms with E-state index in [-0.39, 0.29) is 31.1 Å². The summed E-state index contributed by atoms with van der Waals surface area (Å²) in [5, 5.41) is 0. The third-order valence-corrected chi connectivity index (χ3v) is 12.3. The van der Waals surface area contributed by atoms with E-state index < -0.39 is 6.10 Å². The molecule has 1 atom stereocenters.